The first-order valence-corrected chi connectivity index (χ1v) is 10.3. The van der Waals surface area contributed by atoms with Crippen molar-refractivity contribution >= 4 is 22.5 Å². The number of nitrogens with zero attached hydrogens (tertiary/aromatic N) is 5. The lowest BCUT2D eigenvalue weighted by molar-refractivity contribution is 0.0326. The molecule has 0 aliphatic heterocycles. The molecule has 0 spiro atoms. The van der Waals surface area contributed by atoms with E-state index >= 15 is 0 Å². The normalized spacial score (nSPS) is 19.0. The van der Waals surface area contributed by atoms with E-state index in [0.717, 1.165) is 40.8 Å². The minimum Gasteiger partial charge on any atom is -0.381 e. The van der Waals surface area contributed by atoms with Gasteiger partial charge in [0.2, 0.25) is 5.95 Å². The number of hydrogen-bond donors (Lipinski definition) is 1. The molecular weight excluding hydrogens is 383 g/mol. The molecule has 5 rings (SSSR count). The number of rotatable bonds is 5. The van der Waals surface area contributed by atoms with E-state index in [2.05, 4.69) is 38.8 Å². The second-order valence-corrected chi connectivity index (χ2v) is 8.26. The summed E-state index contributed by atoms with van der Waals surface area (Å²) in [5.41, 5.74) is 3.71. The predicted molar refractivity (Wildman–Crippen MR) is 114 cm³/mol. The van der Waals surface area contributed by atoms with Crippen LogP contribution in [-0.2, 0) is 4.74 Å². The molecule has 0 saturated heterocycles. The van der Waals surface area contributed by atoms with Gasteiger partial charge in [0.1, 0.15) is 11.3 Å². The van der Waals surface area contributed by atoms with Crippen molar-refractivity contribution in [3.8, 4) is 11.1 Å². The number of fused-ring (bicyclic) bond motifs is 2. The highest BCUT2D eigenvalue weighted by Gasteiger charge is 2.29. The largest absolute Gasteiger partial charge is 0.381 e. The first-order chi connectivity index (χ1) is 14.4. The van der Waals surface area contributed by atoms with Gasteiger partial charge in [-0.15, -0.1) is 5.10 Å². The third kappa shape index (κ3) is 3.02. The average Bonchev–Trinajstić information content (AvgIpc) is 3.24. The van der Waals surface area contributed by atoms with E-state index in [0.29, 0.717) is 23.6 Å². The molecule has 1 aliphatic rings. The summed E-state index contributed by atoms with van der Waals surface area (Å²) in [6, 6.07) is 6.01. The smallest absolute Gasteiger partial charge is 0.241 e. The van der Waals surface area contributed by atoms with Gasteiger partial charge in [0.05, 0.1) is 23.3 Å². The molecule has 0 bridgehead atoms. The van der Waals surface area contributed by atoms with Gasteiger partial charge < -0.3 is 14.6 Å². The molecule has 3 aromatic heterocycles. The van der Waals surface area contributed by atoms with Gasteiger partial charge in [0.25, 0.3) is 0 Å². The molecule has 1 aliphatic carbocycles. The molecule has 1 saturated carbocycles. The van der Waals surface area contributed by atoms with Crippen LogP contribution in [0.15, 0.2) is 30.6 Å². The van der Waals surface area contributed by atoms with Crippen molar-refractivity contribution in [2.75, 3.05) is 12.4 Å². The lowest BCUT2D eigenvalue weighted by Gasteiger charge is -2.34. The van der Waals surface area contributed by atoms with Crippen LogP contribution in [0.4, 0.5) is 10.3 Å². The summed E-state index contributed by atoms with van der Waals surface area (Å²) in [5, 5.41) is 7.92. The van der Waals surface area contributed by atoms with Gasteiger partial charge in [-0.1, -0.05) is 0 Å². The molecular formula is C22H25FN6O. The highest BCUT2D eigenvalue weighted by atomic mass is 19.1. The maximum Gasteiger partial charge on any atom is 0.241 e. The summed E-state index contributed by atoms with van der Waals surface area (Å²) in [5.74, 6) is 1.07. The maximum absolute atomic E-state index is 14.9. The van der Waals surface area contributed by atoms with Crippen LogP contribution in [0.1, 0.15) is 38.6 Å². The van der Waals surface area contributed by atoms with Crippen LogP contribution < -0.4 is 5.32 Å². The minimum absolute atomic E-state index is 0.191. The summed E-state index contributed by atoms with van der Waals surface area (Å²) in [4.78, 5) is 8.90. The SMILES string of the molecule is COC1CC(Nc2ncc3c(-c4cc(F)c5nc(C)n(C(C)C)c5c4)ccn3n2)C1. The molecule has 8 heteroatoms. The topological polar surface area (TPSA) is 69.3 Å². The Bertz CT molecular complexity index is 1240. The standard InChI is InChI=1S/C22H25FN6O/c1-12(2)29-13(3)25-21-18(23)7-14(8-19(21)29)17-5-6-28-20(17)11-24-22(27-28)26-15-9-16(10-15)30-4/h5-8,11-12,15-16H,9-10H2,1-4H3,(H,26,27). The molecule has 1 N–H and O–H groups in total. The number of imidazole rings is 1. The summed E-state index contributed by atoms with van der Waals surface area (Å²) >= 11 is 0. The van der Waals surface area contributed by atoms with E-state index in [-0.39, 0.29) is 11.9 Å². The van der Waals surface area contributed by atoms with Crippen LogP contribution in [-0.4, -0.2) is 43.4 Å². The van der Waals surface area contributed by atoms with Crippen LogP contribution in [0, 0.1) is 12.7 Å². The Morgan fingerprint density at radius 3 is 2.77 bits per heavy atom. The number of aryl methyl sites for hydroxylation is 1. The van der Waals surface area contributed by atoms with Crippen molar-refractivity contribution in [2.24, 2.45) is 0 Å². The van der Waals surface area contributed by atoms with Crippen molar-refractivity contribution in [2.45, 2.75) is 51.8 Å². The zero-order valence-corrected chi connectivity index (χ0v) is 17.6. The average molecular weight is 408 g/mol. The highest BCUT2D eigenvalue weighted by molar-refractivity contribution is 5.88. The molecule has 0 unspecified atom stereocenters. The minimum atomic E-state index is -0.318. The fraction of sp³-hybridized carbons (Fsp3) is 0.409. The zero-order chi connectivity index (χ0) is 21.0. The summed E-state index contributed by atoms with van der Waals surface area (Å²) in [6.45, 7) is 6.06. The number of halogens is 1. The van der Waals surface area contributed by atoms with Gasteiger partial charge in [-0.3, -0.25) is 0 Å². The molecule has 0 atom stereocenters. The summed E-state index contributed by atoms with van der Waals surface area (Å²) in [6.07, 6.45) is 5.89. The van der Waals surface area contributed by atoms with Gasteiger partial charge in [0.15, 0.2) is 5.82 Å². The molecule has 7 nitrogen and oxygen atoms in total. The number of methoxy groups -OCH3 is 1. The number of ether oxygens (including phenoxy) is 1. The van der Waals surface area contributed by atoms with Crippen molar-refractivity contribution in [1.29, 1.82) is 0 Å². The maximum atomic E-state index is 14.9. The van der Waals surface area contributed by atoms with Crippen molar-refractivity contribution < 1.29 is 9.13 Å². The van der Waals surface area contributed by atoms with E-state index in [4.69, 9.17) is 4.74 Å². The first kappa shape index (κ1) is 19.0. The third-order valence-electron chi connectivity index (χ3n) is 5.93. The Labute approximate surface area is 173 Å². The molecule has 4 aromatic rings. The highest BCUT2D eigenvalue weighted by Crippen LogP contribution is 2.32. The van der Waals surface area contributed by atoms with Gasteiger partial charge in [-0.2, -0.15) is 0 Å². The number of benzene rings is 1. The van der Waals surface area contributed by atoms with Crippen molar-refractivity contribution in [1.82, 2.24) is 24.1 Å². The van der Waals surface area contributed by atoms with Gasteiger partial charge >= 0.3 is 0 Å². The van der Waals surface area contributed by atoms with Gasteiger partial charge in [0, 0.05) is 31.0 Å². The van der Waals surface area contributed by atoms with Crippen LogP contribution in [0.5, 0.6) is 0 Å². The second-order valence-electron chi connectivity index (χ2n) is 8.26. The molecule has 0 amide bonds. The predicted octanol–water partition coefficient (Wildman–Crippen LogP) is 4.36. The fourth-order valence-corrected chi connectivity index (χ4v) is 4.35. The van der Waals surface area contributed by atoms with E-state index in [1.165, 1.54) is 0 Å². The van der Waals surface area contributed by atoms with E-state index in [1.807, 2.05) is 25.3 Å². The number of aromatic nitrogens is 5. The monoisotopic (exact) mass is 408 g/mol. The van der Waals surface area contributed by atoms with Crippen molar-refractivity contribution in [3.05, 3.63) is 42.2 Å². The Hall–Kier alpha value is -3.00. The second kappa shape index (κ2) is 7.05. The molecule has 1 fully saturated rings. The Morgan fingerprint density at radius 1 is 1.23 bits per heavy atom. The van der Waals surface area contributed by atoms with Crippen LogP contribution >= 0.6 is 0 Å². The first-order valence-electron chi connectivity index (χ1n) is 10.3. The molecule has 30 heavy (non-hydrogen) atoms. The quantitative estimate of drug-likeness (QED) is 0.531. The summed E-state index contributed by atoms with van der Waals surface area (Å²) in [7, 11) is 1.74. The van der Waals surface area contributed by atoms with Crippen LogP contribution in [0.2, 0.25) is 0 Å². The third-order valence-corrected chi connectivity index (χ3v) is 5.93. The zero-order valence-electron chi connectivity index (χ0n) is 17.6. The van der Waals surface area contributed by atoms with Crippen LogP contribution in [0.25, 0.3) is 27.7 Å². The number of nitrogens with one attached hydrogen (secondary N) is 1. The molecule has 3 heterocycles. The van der Waals surface area contributed by atoms with Crippen LogP contribution in [0.3, 0.4) is 0 Å². The lowest BCUT2D eigenvalue weighted by Crippen LogP contribution is -2.40. The fourth-order valence-electron chi connectivity index (χ4n) is 4.35. The molecule has 156 valence electrons. The number of hydrogen-bond acceptors (Lipinski definition) is 5. The van der Waals surface area contributed by atoms with Gasteiger partial charge in [-0.25, -0.2) is 18.9 Å². The molecule has 1 aromatic carbocycles. The molecule has 0 radical (unpaired) electrons. The lowest BCUT2D eigenvalue weighted by atomic mass is 9.89. The van der Waals surface area contributed by atoms with Crippen molar-refractivity contribution in [3.63, 3.8) is 0 Å². The Kier molecular flexibility index (Phi) is 4.47. The van der Waals surface area contributed by atoms with E-state index in [1.54, 1.807) is 23.9 Å². The Balaban J connectivity index is 1.52. The summed E-state index contributed by atoms with van der Waals surface area (Å²) < 4.78 is 24.0. The van der Waals surface area contributed by atoms with E-state index < -0.39 is 0 Å². The van der Waals surface area contributed by atoms with Gasteiger partial charge in [-0.05, 0) is 57.4 Å². The Morgan fingerprint density at radius 2 is 2.03 bits per heavy atom. The van der Waals surface area contributed by atoms with E-state index in [9.17, 15) is 4.39 Å². The number of anilines is 1.